The van der Waals surface area contributed by atoms with E-state index in [4.69, 9.17) is 37.1 Å². The number of anilines is 4. The summed E-state index contributed by atoms with van der Waals surface area (Å²) in [5.41, 5.74) is 5.34. The van der Waals surface area contributed by atoms with E-state index in [-0.39, 0.29) is 18.4 Å². The topological polar surface area (TPSA) is 119 Å². The van der Waals surface area contributed by atoms with Crippen LogP contribution in [0.3, 0.4) is 0 Å². The van der Waals surface area contributed by atoms with Gasteiger partial charge in [-0.1, -0.05) is 29.3 Å². The lowest BCUT2D eigenvalue weighted by Crippen LogP contribution is -2.09. The highest BCUT2D eigenvalue weighted by molar-refractivity contribution is 6.35. The molecule has 3 aromatic carbocycles. The van der Waals surface area contributed by atoms with Crippen LogP contribution in [0.25, 0.3) is 0 Å². The van der Waals surface area contributed by atoms with Crippen molar-refractivity contribution in [1.29, 1.82) is 0 Å². The van der Waals surface area contributed by atoms with Gasteiger partial charge in [0, 0.05) is 21.3 Å². The molecule has 0 bridgehead atoms. The Morgan fingerprint density at radius 1 is 0.881 bits per heavy atom. The third-order valence-electron chi connectivity index (χ3n) is 5.65. The van der Waals surface area contributed by atoms with E-state index in [1.54, 1.807) is 31.7 Å². The number of hydrogen-bond donors (Lipinski definition) is 3. The molecular weight excluding hydrogens is 601 g/mol. The fraction of sp³-hybridized carbons (Fsp3) is 0.103. The van der Waals surface area contributed by atoms with Gasteiger partial charge in [0.25, 0.3) is 0 Å². The molecule has 0 saturated carbocycles. The molecule has 0 aliphatic heterocycles. The molecule has 5 aromatic rings. The molecule has 42 heavy (non-hydrogen) atoms. The van der Waals surface area contributed by atoms with E-state index in [0.29, 0.717) is 40.8 Å². The van der Waals surface area contributed by atoms with Crippen molar-refractivity contribution < 1.29 is 13.9 Å². The molecule has 2 aromatic heterocycles. The Morgan fingerprint density at radius 3 is 2.33 bits per heavy atom. The van der Waals surface area contributed by atoms with Gasteiger partial charge in [-0.25, -0.2) is 5.43 Å². The standard InChI is InChI=1S/C29H25Cl2N7O3.ClH/c1-39-23-12-8-22(9-13-23)34-28-35-27(32-17-25-3-2-14-40-25)36-29(37-28)38-33-16-19-4-10-24(11-5-19)41-18-20-6-7-21(30)15-26(20)31;/h2-16H,17-18H2,1H3,(H3,32,34,35,36,37,38);1H/b33-16+;. The first kappa shape index (κ1) is 30.4. The van der Waals surface area contributed by atoms with Gasteiger partial charge in [-0.3, -0.25) is 0 Å². The lowest BCUT2D eigenvalue weighted by molar-refractivity contribution is 0.306. The summed E-state index contributed by atoms with van der Waals surface area (Å²) in [7, 11) is 1.62. The van der Waals surface area contributed by atoms with Gasteiger partial charge in [0.15, 0.2) is 0 Å². The van der Waals surface area contributed by atoms with Gasteiger partial charge in [0.05, 0.1) is 26.1 Å². The third-order valence-corrected chi connectivity index (χ3v) is 6.24. The molecule has 216 valence electrons. The number of halogens is 3. The van der Waals surface area contributed by atoms with E-state index < -0.39 is 0 Å². The molecule has 0 amide bonds. The number of hydrazone groups is 1. The van der Waals surface area contributed by atoms with Crippen molar-refractivity contribution in [2.45, 2.75) is 13.2 Å². The van der Waals surface area contributed by atoms with Gasteiger partial charge in [0.2, 0.25) is 17.8 Å². The Kier molecular flexibility index (Phi) is 10.8. The quantitative estimate of drug-likeness (QED) is 0.0951. The molecule has 5 rings (SSSR count). The third kappa shape index (κ3) is 8.74. The Labute approximate surface area is 258 Å². The van der Waals surface area contributed by atoms with E-state index in [0.717, 1.165) is 28.3 Å². The highest BCUT2D eigenvalue weighted by Crippen LogP contribution is 2.23. The summed E-state index contributed by atoms with van der Waals surface area (Å²) in [6, 6.07) is 23.8. The van der Waals surface area contributed by atoms with Crippen LogP contribution in [0.1, 0.15) is 16.9 Å². The van der Waals surface area contributed by atoms with Crippen molar-refractivity contribution >= 4 is 65.4 Å². The number of nitrogens with zero attached hydrogens (tertiary/aromatic N) is 4. The van der Waals surface area contributed by atoms with E-state index in [1.165, 1.54) is 0 Å². The summed E-state index contributed by atoms with van der Waals surface area (Å²) >= 11 is 12.2. The Bertz CT molecular complexity index is 1600. The van der Waals surface area contributed by atoms with E-state index in [1.807, 2.05) is 66.7 Å². The van der Waals surface area contributed by atoms with Crippen LogP contribution in [-0.2, 0) is 13.2 Å². The second-order valence-corrected chi connectivity index (χ2v) is 9.40. The molecule has 0 fully saturated rings. The van der Waals surface area contributed by atoms with E-state index in [2.05, 4.69) is 36.1 Å². The molecule has 0 aliphatic rings. The largest absolute Gasteiger partial charge is 0.497 e. The van der Waals surface area contributed by atoms with Gasteiger partial charge >= 0.3 is 0 Å². The van der Waals surface area contributed by atoms with Gasteiger partial charge in [-0.05, 0) is 78.4 Å². The lowest BCUT2D eigenvalue weighted by atomic mass is 10.2. The molecule has 0 aliphatic carbocycles. The first-order valence-electron chi connectivity index (χ1n) is 12.4. The van der Waals surface area contributed by atoms with Gasteiger partial charge in [0.1, 0.15) is 23.9 Å². The number of rotatable bonds is 12. The zero-order valence-electron chi connectivity index (χ0n) is 22.3. The molecule has 0 unspecified atom stereocenters. The maximum atomic E-state index is 6.22. The zero-order chi connectivity index (χ0) is 28.4. The Balaban J connectivity index is 0.00000405. The summed E-state index contributed by atoms with van der Waals surface area (Å²) in [5.74, 6) is 3.09. The average molecular weight is 627 g/mol. The summed E-state index contributed by atoms with van der Waals surface area (Å²) < 4.78 is 16.4. The fourth-order valence-corrected chi connectivity index (χ4v) is 4.02. The van der Waals surface area contributed by atoms with Crippen LogP contribution in [0.4, 0.5) is 23.5 Å². The first-order chi connectivity index (χ1) is 20.0. The monoisotopic (exact) mass is 625 g/mol. The van der Waals surface area contributed by atoms with Crippen molar-refractivity contribution in [2.75, 3.05) is 23.2 Å². The van der Waals surface area contributed by atoms with Crippen LogP contribution >= 0.6 is 35.6 Å². The molecule has 0 atom stereocenters. The lowest BCUT2D eigenvalue weighted by Gasteiger charge is -2.10. The second-order valence-electron chi connectivity index (χ2n) is 8.56. The van der Waals surface area contributed by atoms with Crippen molar-refractivity contribution in [3.05, 3.63) is 112 Å². The minimum absolute atomic E-state index is 0. The molecule has 0 radical (unpaired) electrons. The van der Waals surface area contributed by atoms with Gasteiger partial charge < -0.3 is 24.5 Å². The van der Waals surface area contributed by atoms with Crippen molar-refractivity contribution in [1.82, 2.24) is 15.0 Å². The van der Waals surface area contributed by atoms with Crippen LogP contribution < -0.4 is 25.5 Å². The van der Waals surface area contributed by atoms with E-state index >= 15 is 0 Å². The maximum Gasteiger partial charge on any atom is 0.250 e. The number of furan rings is 1. The number of hydrogen-bond acceptors (Lipinski definition) is 10. The highest BCUT2D eigenvalue weighted by atomic mass is 35.5. The van der Waals surface area contributed by atoms with Crippen molar-refractivity contribution in [2.24, 2.45) is 5.10 Å². The van der Waals surface area contributed by atoms with Crippen LogP contribution in [0.5, 0.6) is 11.5 Å². The minimum Gasteiger partial charge on any atom is -0.497 e. The number of ether oxygens (including phenoxy) is 2. The number of nitrogens with one attached hydrogen (secondary N) is 3. The zero-order valence-corrected chi connectivity index (χ0v) is 24.6. The van der Waals surface area contributed by atoms with Crippen LogP contribution in [-0.4, -0.2) is 28.3 Å². The SMILES string of the molecule is COc1ccc(Nc2nc(NCc3ccco3)nc(N/N=C/c3ccc(OCc4ccc(Cl)cc4Cl)cc3)n2)cc1.Cl. The Morgan fingerprint density at radius 2 is 1.62 bits per heavy atom. The minimum atomic E-state index is 0. The molecule has 0 spiro atoms. The number of benzene rings is 3. The highest BCUT2D eigenvalue weighted by Gasteiger charge is 2.08. The van der Waals surface area contributed by atoms with Crippen LogP contribution in [0.2, 0.25) is 10.0 Å². The predicted molar refractivity (Wildman–Crippen MR) is 168 cm³/mol. The summed E-state index contributed by atoms with van der Waals surface area (Å²) in [6.07, 6.45) is 3.26. The molecule has 13 heteroatoms. The average Bonchev–Trinajstić information content (AvgIpc) is 3.51. The van der Waals surface area contributed by atoms with Crippen LogP contribution in [0, 0.1) is 0 Å². The smallest absolute Gasteiger partial charge is 0.250 e. The second kappa shape index (κ2) is 14.9. The molecule has 3 N–H and O–H groups in total. The molecule has 0 saturated heterocycles. The predicted octanol–water partition coefficient (Wildman–Crippen LogP) is 7.58. The van der Waals surface area contributed by atoms with E-state index in [9.17, 15) is 0 Å². The van der Waals surface area contributed by atoms with Crippen molar-refractivity contribution in [3.63, 3.8) is 0 Å². The summed E-state index contributed by atoms with van der Waals surface area (Å²) in [5, 5.41) is 11.7. The number of aromatic nitrogens is 3. The summed E-state index contributed by atoms with van der Waals surface area (Å²) in [4.78, 5) is 13.3. The Hall–Kier alpha value is -4.51. The molecule has 2 heterocycles. The fourth-order valence-electron chi connectivity index (χ4n) is 3.56. The first-order valence-corrected chi connectivity index (χ1v) is 13.2. The molecule has 10 nitrogen and oxygen atoms in total. The number of methoxy groups -OCH3 is 1. The van der Waals surface area contributed by atoms with Crippen LogP contribution in [0.15, 0.2) is 94.6 Å². The normalized spacial score (nSPS) is 10.6. The van der Waals surface area contributed by atoms with Gasteiger partial charge in [-0.2, -0.15) is 20.1 Å². The van der Waals surface area contributed by atoms with Gasteiger partial charge in [-0.15, -0.1) is 12.4 Å². The summed E-state index contributed by atoms with van der Waals surface area (Å²) in [6.45, 7) is 0.730. The van der Waals surface area contributed by atoms with Crippen molar-refractivity contribution in [3.8, 4) is 11.5 Å². The maximum absolute atomic E-state index is 6.22. The molecular formula is C29H26Cl3N7O3.